The van der Waals surface area contributed by atoms with E-state index in [2.05, 4.69) is 0 Å². The molecule has 5 nitrogen and oxygen atoms in total. The molecule has 126 valence electrons. The van der Waals surface area contributed by atoms with Gasteiger partial charge in [-0.2, -0.15) is 0 Å². The molecule has 0 saturated carbocycles. The minimum atomic E-state index is -0.862. The van der Waals surface area contributed by atoms with Gasteiger partial charge in [-0.15, -0.1) is 0 Å². The topological polar surface area (TPSA) is 74.7 Å². The summed E-state index contributed by atoms with van der Waals surface area (Å²) in [5.41, 5.74) is 0.538. The average Bonchev–Trinajstić information content (AvgIpc) is 2.90. The predicted octanol–water partition coefficient (Wildman–Crippen LogP) is 3.85. The van der Waals surface area contributed by atoms with E-state index in [1.807, 2.05) is 13.8 Å². The fourth-order valence-electron chi connectivity index (χ4n) is 3.45. The predicted molar refractivity (Wildman–Crippen MR) is 90.7 cm³/mol. The maximum atomic E-state index is 12.8. The number of Topliss-reactive ketones (excluding diaryl/α,β-unsaturated/α-hetero) is 1. The normalized spacial score (nSPS) is 23.1. The number of ketones is 1. The smallest absolute Gasteiger partial charge is 0.300 e. The second-order valence-corrected chi connectivity index (χ2v) is 7.14. The lowest BCUT2D eigenvalue weighted by molar-refractivity contribution is -0.121. The van der Waals surface area contributed by atoms with Crippen molar-refractivity contribution < 1.29 is 19.5 Å². The molecule has 0 aromatic heterocycles. The highest BCUT2D eigenvalue weighted by molar-refractivity contribution is 6.47. The molecule has 1 aliphatic carbocycles. The van der Waals surface area contributed by atoms with Crippen molar-refractivity contribution in [2.75, 3.05) is 4.90 Å². The Balaban J connectivity index is 2.13. The maximum absolute atomic E-state index is 12.8. The summed E-state index contributed by atoms with van der Waals surface area (Å²) in [7, 11) is 0. The molecule has 1 atom stereocenters. The van der Waals surface area contributed by atoms with E-state index in [0.717, 1.165) is 17.4 Å². The third-order valence-electron chi connectivity index (χ3n) is 4.57. The first-order valence-electron chi connectivity index (χ1n) is 7.56. The summed E-state index contributed by atoms with van der Waals surface area (Å²) < 4.78 is 0. The summed E-state index contributed by atoms with van der Waals surface area (Å²) in [4.78, 5) is 37.5. The van der Waals surface area contributed by atoms with Gasteiger partial charge in [0.1, 0.15) is 0 Å². The van der Waals surface area contributed by atoms with Gasteiger partial charge in [-0.25, -0.2) is 4.90 Å². The second-order valence-electron chi connectivity index (χ2n) is 6.38. The zero-order valence-electron chi connectivity index (χ0n) is 13.2. The van der Waals surface area contributed by atoms with Gasteiger partial charge in [-0.05, 0) is 24.5 Å². The number of hydrogen-bond acceptors (Lipinski definition) is 4. The van der Waals surface area contributed by atoms with E-state index in [1.54, 1.807) is 6.07 Å². The monoisotopic (exact) mass is 367 g/mol. The van der Waals surface area contributed by atoms with E-state index in [-0.39, 0.29) is 21.5 Å². The van der Waals surface area contributed by atoms with E-state index in [4.69, 9.17) is 23.2 Å². The summed E-state index contributed by atoms with van der Waals surface area (Å²) in [6.45, 7) is 3.87. The number of carbonyl (C=O) groups is 3. The van der Waals surface area contributed by atoms with Crippen LogP contribution in [-0.4, -0.2) is 22.7 Å². The number of amides is 2. The maximum Gasteiger partial charge on any atom is 0.300 e. The van der Waals surface area contributed by atoms with E-state index in [9.17, 15) is 19.5 Å². The Morgan fingerprint density at radius 1 is 1.25 bits per heavy atom. The Labute approximate surface area is 148 Å². The molecular formula is C17H15Cl2NO4. The van der Waals surface area contributed by atoms with Crippen LogP contribution in [0.4, 0.5) is 5.69 Å². The molecule has 1 N–H and O–H groups in total. The third-order valence-corrected chi connectivity index (χ3v) is 5.43. The fraction of sp³-hybridized carbons (Fsp3) is 0.353. The lowest BCUT2D eigenvalue weighted by Gasteiger charge is -2.20. The Morgan fingerprint density at radius 2 is 1.92 bits per heavy atom. The van der Waals surface area contributed by atoms with Crippen LogP contribution < -0.4 is 4.90 Å². The van der Waals surface area contributed by atoms with Gasteiger partial charge in [-0.3, -0.25) is 14.4 Å². The minimum Gasteiger partial charge on any atom is -0.503 e. The fourth-order valence-corrected chi connectivity index (χ4v) is 3.99. The van der Waals surface area contributed by atoms with Gasteiger partial charge < -0.3 is 5.11 Å². The number of rotatable bonds is 3. The number of fused-ring (bicyclic) bond motifs is 1. The third kappa shape index (κ3) is 2.26. The highest BCUT2D eigenvalue weighted by atomic mass is 35.5. The molecule has 1 unspecified atom stereocenters. The van der Waals surface area contributed by atoms with Crippen molar-refractivity contribution in [3.63, 3.8) is 0 Å². The summed E-state index contributed by atoms with van der Waals surface area (Å²) in [6.07, 6.45) is 2.84. The summed E-state index contributed by atoms with van der Waals surface area (Å²) in [5, 5.41) is 9.46. The molecule has 0 fully saturated rings. The van der Waals surface area contributed by atoms with Crippen LogP contribution in [0.15, 0.2) is 17.9 Å². The Kier molecular flexibility index (Phi) is 3.97. The number of aliphatic hydroxyl groups excluding tert-OH is 1. The standard InChI is InChI=1S/C17H15Cl2NO4/c1-3-4-17(2)7-8-5-9(13(18)14(19)12(8)15(17)23)20-11(22)6-10(21)16(20)24/h5-6,21H,3-4,7H2,1-2H3. The summed E-state index contributed by atoms with van der Waals surface area (Å²) in [6, 6.07) is 1.55. The Hall–Kier alpha value is -1.85. The van der Waals surface area contributed by atoms with Crippen LogP contribution in [-0.2, 0) is 16.0 Å². The number of imide groups is 1. The number of hydrogen-bond donors (Lipinski definition) is 1. The quantitative estimate of drug-likeness (QED) is 0.823. The highest BCUT2D eigenvalue weighted by Gasteiger charge is 2.44. The van der Waals surface area contributed by atoms with Gasteiger partial charge in [0, 0.05) is 11.0 Å². The molecule has 24 heavy (non-hydrogen) atoms. The van der Waals surface area contributed by atoms with Crippen LogP contribution in [0.3, 0.4) is 0 Å². The first-order chi connectivity index (χ1) is 11.2. The number of carbonyl (C=O) groups excluding carboxylic acids is 3. The number of benzene rings is 1. The largest absolute Gasteiger partial charge is 0.503 e. The molecule has 2 aliphatic rings. The van der Waals surface area contributed by atoms with Crippen molar-refractivity contribution in [2.45, 2.75) is 33.1 Å². The molecule has 1 heterocycles. The van der Waals surface area contributed by atoms with Crippen molar-refractivity contribution in [2.24, 2.45) is 5.41 Å². The number of halogens is 2. The molecule has 1 aliphatic heterocycles. The zero-order valence-corrected chi connectivity index (χ0v) is 14.7. The van der Waals surface area contributed by atoms with E-state index < -0.39 is 23.0 Å². The molecule has 0 saturated heterocycles. The highest BCUT2D eigenvalue weighted by Crippen LogP contribution is 2.48. The van der Waals surface area contributed by atoms with Gasteiger partial charge in [0.2, 0.25) is 0 Å². The molecule has 0 spiro atoms. The summed E-state index contributed by atoms with van der Waals surface area (Å²) >= 11 is 12.5. The molecule has 3 rings (SSSR count). The Morgan fingerprint density at radius 3 is 2.46 bits per heavy atom. The van der Waals surface area contributed by atoms with Crippen LogP contribution in [0.2, 0.25) is 10.0 Å². The first kappa shape index (κ1) is 17.0. The zero-order chi connectivity index (χ0) is 17.8. The van der Waals surface area contributed by atoms with Gasteiger partial charge in [0.05, 0.1) is 21.8 Å². The van der Waals surface area contributed by atoms with Crippen LogP contribution >= 0.6 is 23.2 Å². The van der Waals surface area contributed by atoms with Crippen molar-refractivity contribution in [3.05, 3.63) is 39.1 Å². The van der Waals surface area contributed by atoms with Gasteiger partial charge >= 0.3 is 0 Å². The SMILES string of the molecule is CCCC1(C)Cc2cc(N3C(=O)C=C(O)C3=O)c(Cl)c(Cl)c2C1=O. The van der Waals surface area contributed by atoms with Crippen LogP contribution in [0.5, 0.6) is 0 Å². The van der Waals surface area contributed by atoms with E-state index in [0.29, 0.717) is 24.0 Å². The molecule has 1 aromatic rings. The van der Waals surface area contributed by atoms with Crippen molar-refractivity contribution in [1.29, 1.82) is 0 Å². The average molecular weight is 368 g/mol. The van der Waals surface area contributed by atoms with E-state index in [1.165, 1.54) is 0 Å². The van der Waals surface area contributed by atoms with Crippen LogP contribution in [0.25, 0.3) is 0 Å². The molecule has 0 radical (unpaired) electrons. The van der Waals surface area contributed by atoms with Gasteiger partial charge in [0.15, 0.2) is 11.5 Å². The Bertz CT molecular complexity index is 830. The lowest BCUT2D eigenvalue weighted by Crippen LogP contribution is -2.31. The van der Waals surface area contributed by atoms with E-state index >= 15 is 0 Å². The van der Waals surface area contributed by atoms with Crippen LogP contribution in [0, 0.1) is 5.41 Å². The van der Waals surface area contributed by atoms with Crippen LogP contribution in [0.1, 0.15) is 42.6 Å². The molecule has 0 bridgehead atoms. The minimum absolute atomic E-state index is 0.0426. The molecule has 7 heteroatoms. The number of aliphatic hydroxyl groups is 1. The first-order valence-corrected chi connectivity index (χ1v) is 8.31. The lowest BCUT2D eigenvalue weighted by atomic mass is 9.82. The molecule has 2 amide bonds. The number of nitrogens with zero attached hydrogens (tertiary/aromatic N) is 1. The van der Waals surface area contributed by atoms with Crippen molar-refractivity contribution >= 4 is 46.5 Å². The summed E-state index contributed by atoms with van der Waals surface area (Å²) in [5.74, 6) is -2.29. The second kappa shape index (κ2) is 5.60. The molecule has 1 aromatic carbocycles. The van der Waals surface area contributed by atoms with Gasteiger partial charge in [0.25, 0.3) is 11.8 Å². The molecular weight excluding hydrogens is 353 g/mol. The van der Waals surface area contributed by atoms with Crippen molar-refractivity contribution in [3.8, 4) is 0 Å². The van der Waals surface area contributed by atoms with Crippen molar-refractivity contribution in [1.82, 2.24) is 0 Å². The number of anilines is 1. The van der Waals surface area contributed by atoms with Gasteiger partial charge in [-0.1, -0.05) is 43.5 Å².